The van der Waals surface area contributed by atoms with Crippen LogP contribution in [0.2, 0.25) is 0 Å². The molecule has 1 fully saturated rings. The van der Waals surface area contributed by atoms with Crippen LogP contribution in [-0.4, -0.2) is 41.2 Å². The second-order valence-corrected chi connectivity index (χ2v) is 4.81. The van der Waals surface area contributed by atoms with Gasteiger partial charge in [0.2, 0.25) is 0 Å². The van der Waals surface area contributed by atoms with Crippen LogP contribution in [0.25, 0.3) is 0 Å². The molecule has 2 atom stereocenters. The van der Waals surface area contributed by atoms with E-state index in [1.807, 2.05) is 0 Å². The molecule has 1 aromatic rings. The van der Waals surface area contributed by atoms with Crippen LogP contribution in [0, 0.1) is 5.92 Å². The third kappa shape index (κ3) is 3.33. The summed E-state index contributed by atoms with van der Waals surface area (Å²) in [6, 6.07) is 2.79. The first-order chi connectivity index (χ1) is 9.61. The fourth-order valence-electron chi connectivity index (χ4n) is 2.35. The summed E-state index contributed by atoms with van der Waals surface area (Å²) in [5.74, 6) is -1.01. The molecule has 6 nitrogen and oxygen atoms in total. The van der Waals surface area contributed by atoms with Gasteiger partial charge in [0.25, 0.3) is 5.91 Å². The fourth-order valence-corrected chi connectivity index (χ4v) is 2.35. The summed E-state index contributed by atoms with van der Waals surface area (Å²) in [6.45, 7) is 3.36. The van der Waals surface area contributed by atoms with E-state index in [2.05, 4.69) is 17.2 Å². The molecule has 0 saturated carbocycles. The Kier molecular flexibility index (Phi) is 4.68. The van der Waals surface area contributed by atoms with Crippen LogP contribution in [0.4, 0.5) is 0 Å². The number of nitrogens with one attached hydrogen (secondary N) is 1. The number of nitrogens with zero attached hydrogens (tertiary/aromatic N) is 1. The number of pyridine rings is 1. The van der Waals surface area contributed by atoms with Crippen LogP contribution < -0.4 is 5.32 Å². The molecule has 0 spiro atoms. The zero-order valence-corrected chi connectivity index (χ0v) is 11.3. The summed E-state index contributed by atoms with van der Waals surface area (Å²) in [7, 11) is 0. The highest BCUT2D eigenvalue weighted by atomic mass is 16.5. The van der Waals surface area contributed by atoms with Crippen molar-refractivity contribution in [1.29, 1.82) is 0 Å². The summed E-state index contributed by atoms with van der Waals surface area (Å²) in [4.78, 5) is 26.5. The number of hydrogen-bond acceptors (Lipinski definition) is 4. The smallest absolute Gasteiger partial charge is 0.337 e. The van der Waals surface area contributed by atoms with Crippen LogP contribution in [0.3, 0.4) is 0 Å². The second kappa shape index (κ2) is 6.47. The Hall–Kier alpha value is -1.95. The van der Waals surface area contributed by atoms with Crippen molar-refractivity contribution in [1.82, 2.24) is 10.3 Å². The summed E-state index contributed by atoms with van der Waals surface area (Å²) < 4.78 is 5.56. The highest BCUT2D eigenvalue weighted by Crippen LogP contribution is 2.22. The van der Waals surface area contributed by atoms with Crippen LogP contribution in [0.15, 0.2) is 18.3 Å². The average Bonchev–Trinajstić information content (AvgIpc) is 2.92. The van der Waals surface area contributed by atoms with E-state index in [4.69, 9.17) is 9.84 Å². The number of aromatic nitrogens is 1. The van der Waals surface area contributed by atoms with E-state index in [9.17, 15) is 9.59 Å². The Bertz CT molecular complexity index is 486. The second-order valence-electron chi connectivity index (χ2n) is 4.81. The molecule has 1 amide bonds. The van der Waals surface area contributed by atoms with Gasteiger partial charge in [-0.1, -0.05) is 6.92 Å². The van der Waals surface area contributed by atoms with Gasteiger partial charge in [-0.2, -0.15) is 0 Å². The number of rotatable bonds is 5. The summed E-state index contributed by atoms with van der Waals surface area (Å²) in [5.41, 5.74) is 0.291. The lowest BCUT2D eigenvalue weighted by atomic mass is 10.00. The van der Waals surface area contributed by atoms with E-state index in [0.717, 1.165) is 19.4 Å². The van der Waals surface area contributed by atoms with Gasteiger partial charge in [0.15, 0.2) is 0 Å². The Balaban J connectivity index is 1.90. The van der Waals surface area contributed by atoms with Crippen LogP contribution in [0.5, 0.6) is 0 Å². The van der Waals surface area contributed by atoms with E-state index in [-0.39, 0.29) is 23.3 Å². The van der Waals surface area contributed by atoms with Gasteiger partial charge in [0.1, 0.15) is 5.69 Å². The zero-order chi connectivity index (χ0) is 14.5. The van der Waals surface area contributed by atoms with Crippen molar-refractivity contribution >= 4 is 11.9 Å². The molecule has 2 rings (SSSR count). The van der Waals surface area contributed by atoms with E-state index < -0.39 is 5.97 Å². The van der Waals surface area contributed by atoms with Crippen LogP contribution in [-0.2, 0) is 4.74 Å². The molecule has 1 saturated heterocycles. The van der Waals surface area contributed by atoms with Gasteiger partial charge in [-0.05, 0) is 25.0 Å². The monoisotopic (exact) mass is 278 g/mol. The molecular weight excluding hydrogens is 260 g/mol. The minimum atomic E-state index is -1.06. The molecule has 2 heterocycles. The Morgan fingerprint density at radius 2 is 2.30 bits per heavy atom. The molecular formula is C14H18N2O4. The quantitative estimate of drug-likeness (QED) is 0.848. The summed E-state index contributed by atoms with van der Waals surface area (Å²) in [5, 5.41) is 11.6. The van der Waals surface area contributed by atoms with E-state index >= 15 is 0 Å². The number of carboxylic acids is 1. The number of ether oxygens (including phenoxy) is 1. The molecule has 6 heteroatoms. The molecule has 1 aromatic heterocycles. The van der Waals surface area contributed by atoms with Crippen LogP contribution in [0.1, 0.15) is 40.6 Å². The van der Waals surface area contributed by atoms with Crippen molar-refractivity contribution in [3.63, 3.8) is 0 Å². The third-order valence-electron chi connectivity index (χ3n) is 3.52. The largest absolute Gasteiger partial charge is 0.478 e. The molecule has 2 N–H and O–H groups in total. The number of carbonyl (C=O) groups is 2. The molecule has 20 heavy (non-hydrogen) atoms. The van der Waals surface area contributed by atoms with Gasteiger partial charge in [-0.25, -0.2) is 4.79 Å². The zero-order valence-electron chi connectivity index (χ0n) is 11.3. The Labute approximate surface area is 117 Å². The van der Waals surface area contributed by atoms with E-state index in [1.54, 1.807) is 0 Å². The number of carbonyl (C=O) groups excluding carboxylic acids is 1. The molecule has 0 bridgehead atoms. The maximum atomic E-state index is 11.9. The van der Waals surface area contributed by atoms with Crippen molar-refractivity contribution in [2.24, 2.45) is 5.92 Å². The predicted molar refractivity (Wildman–Crippen MR) is 71.7 cm³/mol. The molecule has 0 aromatic carbocycles. The number of hydrogen-bond donors (Lipinski definition) is 2. The predicted octanol–water partition coefficient (Wildman–Crippen LogP) is 1.32. The average molecular weight is 278 g/mol. The number of carboxylic acid groups (broad SMARTS) is 1. The molecule has 1 aliphatic heterocycles. The summed E-state index contributed by atoms with van der Waals surface area (Å²) >= 11 is 0. The van der Waals surface area contributed by atoms with Crippen molar-refractivity contribution in [3.05, 3.63) is 29.6 Å². The highest BCUT2D eigenvalue weighted by Gasteiger charge is 2.27. The SMILES string of the molecule is CCC1OCCC1CNC(=O)c1ccc(C(=O)O)cn1. The lowest BCUT2D eigenvalue weighted by Gasteiger charge is -2.17. The normalized spacial score (nSPS) is 21.6. The van der Waals surface area contributed by atoms with Gasteiger partial charge >= 0.3 is 5.97 Å². The topological polar surface area (TPSA) is 88.5 Å². The minimum absolute atomic E-state index is 0.0665. The number of aromatic carboxylic acids is 1. The van der Waals surface area contributed by atoms with Crippen molar-refractivity contribution in [2.45, 2.75) is 25.9 Å². The van der Waals surface area contributed by atoms with Gasteiger partial charge in [-0.15, -0.1) is 0 Å². The Morgan fingerprint density at radius 3 is 2.90 bits per heavy atom. The van der Waals surface area contributed by atoms with Gasteiger partial charge in [0.05, 0.1) is 11.7 Å². The van der Waals surface area contributed by atoms with Gasteiger partial charge in [0, 0.05) is 25.3 Å². The first-order valence-corrected chi connectivity index (χ1v) is 6.71. The van der Waals surface area contributed by atoms with E-state index in [0.29, 0.717) is 12.5 Å². The first kappa shape index (κ1) is 14.5. The lowest BCUT2D eigenvalue weighted by molar-refractivity contribution is 0.0695. The van der Waals surface area contributed by atoms with Crippen molar-refractivity contribution in [2.75, 3.05) is 13.2 Å². The maximum Gasteiger partial charge on any atom is 0.337 e. The molecule has 108 valence electrons. The third-order valence-corrected chi connectivity index (χ3v) is 3.52. The van der Waals surface area contributed by atoms with E-state index in [1.165, 1.54) is 18.3 Å². The standard InChI is InChI=1S/C14H18N2O4/c1-2-12-9(5-6-20-12)7-16-13(17)11-4-3-10(8-15-11)14(18)19/h3-4,8-9,12H,2,5-7H2,1H3,(H,16,17)(H,18,19). The fraction of sp³-hybridized carbons (Fsp3) is 0.500. The van der Waals surface area contributed by atoms with Crippen molar-refractivity contribution in [3.8, 4) is 0 Å². The number of amides is 1. The van der Waals surface area contributed by atoms with Crippen molar-refractivity contribution < 1.29 is 19.4 Å². The summed E-state index contributed by atoms with van der Waals surface area (Å²) in [6.07, 6.45) is 3.28. The minimum Gasteiger partial charge on any atom is -0.478 e. The maximum absolute atomic E-state index is 11.9. The van der Waals surface area contributed by atoms with Crippen LogP contribution >= 0.6 is 0 Å². The molecule has 2 unspecified atom stereocenters. The molecule has 1 aliphatic rings. The first-order valence-electron chi connectivity index (χ1n) is 6.71. The Morgan fingerprint density at radius 1 is 1.50 bits per heavy atom. The van der Waals surface area contributed by atoms with Gasteiger partial charge < -0.3 is 15.2 Å². The molecule has 0 aliphatic carbocycles. The van der Waals surface area contributed by atoms with Gasteiger partial charge in [-0.3, -0.25) is 9.78 Å². The lowest BCUT2D eigenvalue weighted by Crippen LogP contribution is -2.33. The molecule has 0 radical (unpaired) electrons. The highest BCUT2D eigenvalue weighted by molar-refractivity contribution is 5.93.